The van der Waals surface area contributed by atoms with Crippen molar-refractivity contribution in [3.63, 3.8) is 0 Å². The molecule has 8 nitrogen and oxygen atoms in total. The fraction of sp³-hybridized carbons (Fsp3) is 0.973. The van der Waals surface area contributed by atoms with Crippen molar-refractivity contribution >= 4 is 5.97 Å². The molecule has 8 heteroatoms. The van der Waals surface area contributed by atoms with Crippen LogP contribution in [-0.2, 0) is 4.79 Å². The molecule has 0 aromatic rings. The molecule has 12 atom stereocenters. The molecule has 4 saturated carbocycles. The fourth-order valence-corrected chi connectivity index (χ4v) is 10.9. The van der Waals surface area contributed by atoms with Crippen molar-refractivity contribution in [3.05, 3.63) is 0 Å². The Labute approximate surface area is 274 Å². The second kappa shape index (κ2) is 17.1. The van der Waals surface area contributed by atoms with E-state index in [1.54, 1.807) is 6.92 Å². The molecule has 0 aromatic heterocycles. The lowest BCUT2D eigenvalue weighted by Gasteiger charge is -2.63. The third-order valence-corrected chi connectivity index (χ3v) is 13.7. The molecule has 0 aliphatic heterocycles. The maximum absolute atomic E-state index is 11.9. The van der Waals surface area contributed by atoms with Crippen molar-refractivity contribution < 1.29 is 20.1 Å². The molecule has 4 aliphatic carbocycles. The molecular formula is C37H70N4O4. The molecule has 0 aromatic carbocycles. The van der Waals surface area contributed by atoms with E-state index in [9.17, 15) is 20.1 Å². The molecule has 4 fully saturated rings. The lowest BCUT2D eigenvalue weighted by Crippen LogP contribution is -2.62. The molecule has 8 N–H and O–H groups in total. The molecule has 0 radical (unpaired) electrons. The number of carbonyl (C=O) groups is 1. The number of hydrogen-bond donors (Lipinski definition) is 7. The highest BCUT2D eigenvalue weighted by Gasteiger charge is 2.65. The fourth-order valence-electron chi connectivity index (χ4n) is 10.9. The van der Waals surface area contributed by atoms with Crippen molar-refractivity contribution in [2.45, 2.75) is 136 Å². The Morgan fingerprint density at radius 3 is 2.22 bits per heavy atom. The third-order valence-electron chi connectivity index (χ3n) is 13.7. The lowest BCUT2D eigenvalue weighted by molar-refractivity contribution is -0.202. The second-order valence-electron chi connectivity index (χ2n) is 16.4. The number of carboxylic acid groups (broad SMARTS) is 1. The highest BCUT2D eigenvalue weighted by atomic mass is 16.4. The van der Waals surface area contributed by atoms with Gasteiger partial charge in [0.1, 0.15) is 0 Å². The van der Waals surface area contributed by atoms with E-state index < -0.39 is 5.97 Å². The summed E-state index contributed by atoms with van der Waals surface area (Å²) in [4.78, 5) is 11.3. The Balaban J connectivity index is 1.23. The van der Waals surface area contributed by atoms with Crippen molar-refractivity contribution in [3.8, 4) is 0 Å². The van der Waals surface area contributed by atoms with Crippen LogP contribution in [0, 0.1) is 52.3 Å². The largest absolute Gasteiger partial charge is 0.481 e. The minimum Gasteiger partial charge on any atom is -0.481 e. The summed E-state index contributed by atoms with van der Waals surface area (Å²) in [6, 6.07) is 0.533. The van der Waals surface area contributed by atoms with E-state index in [4.69, 9.17) is 5.73 Å². The Kier molecular flexibility index (Phi) is 14.0. The summed E-state index contributed by atoms with van der Waals surface area (Å²) >= 11 is 0. The van der Waals surface area contributed by atoms with Gasteiger partial charge in [-0.15, -0.1) is 0 Å². The van der Waals surface area contributed by atoms with E-state index in [0.29, 0.717) is 41.5 Å². The first-order valence-electron chi connectivity index (χ1n) is 19.0. The first-order valence-corrected chi connectivity index (χ1v) is 19.0. The van der Waals surface area contributed by atoms with E-state index in [0.717, 1.165) is 103 Å². The standard InChI is InChI=1S/C37H70N4O4/c1-25(10-7-11-26(2)35(44)45)29-12-13-30-34-31(24-33(43)37(29,30)4)36(3)15-14-28(22-27(36)23-32(34)42)41-21-9-20-40-18-6-5-17-39-19-8-16-38/h25-34,39-43H,5-24,38H2,1-4H3,(H,44,45)/t25-,26?,27+,28-,29-,30?,31?,32-,33?,34?,36+,37-/m1/s1. The normalized spacial score (nSPS) is 39.1. The zero-order valence-electron chi connectivity index (χ0n) is 29.2. The Morgan fingerprint density at radius 2 is 1.53 bits per heavy atom. The maximum atomic E-state index is 11.9. The van der Waals surface area contributed by atoms with E-state index in [2.05, 4.69) is 36.7 Å². The van der Waals surface area contributed by atoms with Crippen LogP contribution in [0.4, 0.5) is 0 Å². The van der Waals surface area contributed by atoms with Gasteiger partial charge in [-0.2, -0.15) is 0 Å². The van der Waals surface area contributed by atoms with Gasteiger partial charge in [-0.25, -0.2) is 0 Å². The molecule has 45 heavy (non-hydrogen) atoms. The summed E-state index contributed by atoms with van der Waals surface area (Å²) in [6.07, 6.45) is 14.2. The monoisotopic (exact) mass is 635 g/mol. The number of nitrogens with one attached hydrogen (secondary N) is 3. The van der Waals surface area contributed by atoms with Crippen LogP contribution in [0.15, 0.2) is 0 Å². The molecular weight excluding hydrogens is 564 g/mol. The van der Waals surface area contributed by atoms with Crippen LogP contribution in [0.25, 0.3) is 0 Å². The molecule has 0 spiro atoms. The number of rotatable bonds is 19. The van der Waals surface area contributed by atoms with Gasteiger partial charge in [0.15, 0.2) is 0 Å². The Hall–Kier alpha value is -0.770. The highest BCUT2D eigenvalue weighted by Crippen LogP contribution is 2.68. The summed E-state index contributed by atoms with van der Waals surface area (Å²) in [7, 11) is 0. The highest BCUT2D eigenvalue weighted by molar-refractivity contribution is 5.69. The van der Waals surface area contributed by atoms with Crippen LogP contribution in [0.5, 0.6) is 0 Å². The van der Waals surface area contributed by atoms with E-state index in [1.807, 2.05) is 0 Å². The zero-order valence-corrected chi connectivity index (χ0v) is 29.2. The smallest absolute Gasteiger partial charge is 0.306 e. The van der Waals surface area contributed by atoms with Crippen LogP contribution in [-0.4, -0.2) is 78.8 Å². The van der Waals surface area contributed by atoms with Crippen LogP contribution in [0.2, 0.25) is 0 Å². The number of aliphatic carboxylic acids is 1. The molecule has 0 heterocycles. The summed E-state index contributed by atoms with van der Waals surface area (Å²) < 4.78 is 0. The van der Waals surface area contributed by atoms with Crippen LogP contribution in [0.1, 0.15) is 118 Å². The Bertz CT molecular complexity index is 908. The number of fused-ring (bicyclic) bond motifs is 5. The number of carboxylic acids is 1. The van der Waals surface area contributed by atoms with E-state index in [1.165, 1.54) is 25.7 Å². The maximum Gasteiger partial charge on any atom is 0.306 e. The van der Waals surface area contributed by atoms with E-state index >= 15 is 0 Å². The van der Waals surface area contributed by atoms with Gasteiger partial charge in [-0.3, -0.25) is 4.79 Å². The van der Waals surface area contributed by atoms with Crippen LogP contribution in [0.3, 0.4) is 0 Å². The zero-order chi connectivity index (χ0) is 32.6. The summed E-state index contributed by atoms with van der Waals surface area (Å²) in [5, 5.41) is 43.9. The number of aliphatic hydroxyl groups excluding tert-OH is 2. The quantitative estimate of drug-likeness (QED) is 0.101. The predicted octanol–water partition coefficient (Wildman–Crippen LogP) is 4.77. The molecule has 4 aliphatic rings. The molecule has 4 rings (SSSR count). The molecule has 0 saturated heterocycles. The summed E-state index contributed by atoms with van der Waals surface area (Å²) in [6.45, 7) is 15.0. The molecule has 5 unspecified atom stereocenters. The first-order chi connectivity index (χ1) is 21.5. The van der Waals surface area contributed by atoms with Crippen molar-refractivity contribution in [1.82, 2.24) is 16.0 Å². The van der Waals surface area contributed by atoms with E-state index in [-0.39, 0.29) is 29.0 Å². The average Bonchev–Trinajstić information content (AvgIpc) is 3.37. The Morgan fingerprint density at radius 1 is 0.844 bits per heavy atom. The molecule has 0 amide bonds. The minimum absolute atomic E-state index is 0.155. The van der Waals surface area contributed by atoms with Gasteiger partial charge in [0.05, 0.1) is 18.1 Å². The minimum atomic E-state index is -0.704. The van der Waals surface area contributed by atoms with Gasteiger partial charge in [-0.1, -0.05) is 40.5 Å². The van der Waals surface area contributed by atoms with Gasteiger partial charge in [0.2, 0.25) is 0 Å². The van der Waals surface area contributed by atoms with Gasteiger partial charge in [0.25, 0.3) is 0 Å². The van der Waals surface area contributed by atoms with Crippen molar-refractivity contribution in [2.24, 2.45) is 58.0 Å². The molecule has 0 bridgehead atoms. The van der Waals surface area contributed by atoms with Gasteiger partial charge < -0.3 is 37.0 Å². The number of nitrogens with two attached hydrogens (primary N) is 1. The number of unbranched alkanes of at least 4 members (excludes halogenated alkanes) is 1. The molecule has 262 valence electrons. The summed E-state index contributed by atoms with van der Waals surface area (Å²) in [5.74, 6) is 1.48. The van der Waals surface area contributed by atoms with Crippen molar-refractivity contribution in [2.75, 3.05) is 39.3 Å². The first kappa shape index (κ1) is 37.1. The number of hydrogen-bond acceptors (Lipinski definition) is 7. The average molecular weight is 635 g/mol. The third kappa shape index (κ3) is 8.64. The van der Waals surface area contributed by atoms with Gasteiger partial charge >= 0.3 is 5.97 Å². The number of aliphatic hydroxyl groups is 2. The topological polar surface area (TPSA) is 140 Å². The predicted molar refractivity (Wildman–Crippen MR) is 183 cm³/mol. The van der Waals surface area contributed by atoms with Crippen LogP contribution >= 0.6 is 0 Å². The van der Waals surface area contributed by atoms with Gasteiger partial charge in [0, 0.05) is 6.04 Å². The summed E-state index contributed by atoms with van der Waals surface area (Å²) in [5.41, 5.74) is 5.57. The SMILES string of the molecule is CC(CCC[C@@H](C)[C@H]1CCC2C3C(CC(O)[C@@]21C)[C@@]1(C)CC[C@@H](NCCCNCCCCNCCCN)C[C@H]1C[C@H]3O)C(=O)O. The van der Waals surface area contributed by atoms with Gasteiger partial charge in [-0.05, 0) is 163 Å². The van der Waals surface area contributed by atoms with Crippen molar-refractivity contribution in [1.29, 1.82) is 0 Å². The lowest BCUT2D eigenvalue weighted by atomic mass is 9.43. The van der Waals surface area contributed by atoms with Crippen LogP contribution < -0.4 is 21.7 Å². The second-order valence-corrected chi connectivity index (χ2v) is 16.4.